The van der Waals surface area contributed by atoms with E-state index in [1.54, 1.807) is 54.6 Å². The van der Waals surface area contributed by atoms with Crippen molar-refractivity contribution in [3.63, 3.8) is 0 Å². The van der Waals surface area contributed by atoms with Gasteiger partial charge in [-0.25, -0.2) is 4.98 Å². The Morgan fingerprint density at radius 2 is 1.63 bits per heavy atom. The first-order chi connectivity index (χ1) is 14.4. The highest BCUT2D eigenvalue weighted by molar-refractivity contribution is 6.52. The normalized spacial score (nSPS) is 18.1. The molecular weight excluding hydrogens is 447 g/mol. The number of benzene rings is 2. The third kappa shape index (κ3) is 3.56. The Hall–Kier alpha value is -2.86. The van der Waals surface area contributed by atoms with Gasteiger partial charge in [0.1, 0.15) is 11.6 Å². The number of aliphatic hydroxyl groups excluding tert-OH is 1. The van der Waals surface area contributed by atoms with Crippen molar-refractivity contribution in [1.82, 2.24) is 4.98 Å². The van der Waals surface area contributed by atoms with Gasteiger partial charge in [-0.05, 0) is 54.1 Å². The lowest BCUT2D eigenvalue weighted by atomic mass is 9.95. The van der Waals surface area contributed by atoms with Crippen LogP contribution in [0.15, 0.2) is 72.4 Å². The summed E-state index contributed by atoms with van der Waals surface area (Å²) in [5, 5.41) is 12.1. The Morgan fingerprint density at radius 3 is 2.27 bits per heavy atom. The number of halogens is 3. The van der Waals surface area contributed by atoms with Crippen molar-refractivity contribution >= 4 is 58.1 Å². The Labute approximate surface area is 187 Å². The molecule has 1 aromatic heterocycles. The molecule has 5 nitrogen and oxygen atoms in total. The zero-order chi connectivity index (χ0) is 21.4. The van der Waals surface area contributed by atoms with Gasteiger partial charge in [-0.2, -0.15) is 0 Å². The van der Waals surface area contributed by atoms with E-state index in [0.717, 1.165) is 0 Å². The summed E-state index contributed by atoms with van der Waals surface area (Å²) >= 11 is 18.4. The summed E-state index contributed by atoms with van der Waals surface area (Å²) in [5.74, 6) is -1.74. The lowest BCUT2D eigenvalue weighted by Crippen LogP contribution is -2.30. The van der Waals surface area contributed by atoms with Gasteiger partial charge in [0.05, 0.1) is 11.6 Å². The predicted octanol–water partition coefficient (Wildman–Crippen LogP) is 5.67. The van der Waals surface area contributed by atoms with Crippen LogP contribution in [0.5, 0.6) is 0 Å². The van der Waals surface area contributed by atoms with Gasteiger partial charge in [0.2, 0.25) is 0 Å². The first-order valence-electron chi connectivity index (χ1n) is 8.81. The van der Waals surface area contributed by atoms with Gasteiger partial charge in [-0.15, -0.1) is 0 Å². The van der Waals surface area contributed by atoms with E-state index in [2.05, 4.69) is 4.98 Å². The molecule has 1 amide bonds. The average Bonchev–Trinajstić information content (AvgIpc) is 2.99. The molecule has 1 N–H and O–H groups in total. The Balaban J connectivity index is 1.98. The molecule has 8 heteroatoms. The van der Waals surface area contributed by atoms with Crippen molar-refractivity contribution in [2.75, 3.05) is 4.90 Å². The van der Waals surface area contributed by atoms with Crippen LogP contribution in [0.4, 0.5) is 5.82 Å². The summed E-state index contributed by atoms with van der Waals surface area (Å²) in [6.07, 6.45) is 1.51. The molecule has 1 unspecified atom stereocenters. The average molecular weight is 460 g/mol. The maximum absolute atomic E-state index is 13.0. The summed E-state index contributed by atoms with van der Waals surface area (Å²) in [7, 11) is 0. The minimum atomic E-state index is -0.986. The summed E-state index contributed by atoms with van der Waals surface area (Å²) in [6, 6.07) is 15.0. The topological polar surface area (TPSA) is 70.5 Å². The lowest BCUT2D eigenvalue weighted by molar-refractivity contribution is -0.132. The smallest absolute Gasteiger partial charge is 0.301 e. The van der Waals surface area contributed by atoms with Crippen LogP contribution >= 0.6 is 34.8 Å². The van der Waals surface area contributed by atoms with Gasteiger partial charge in [0.25, 0.3) is 5.78 Å². The molecule has 1 fully saturated rings. The molecule has 3 aromatic rings. The number of amides is 1. The highest BCUT2D eigenvalue weighted by Crippen LogP contribution is 2.44. The van der Waals surface area contributed by atoms with E-state index in [-0.39, 0.29) is 22.2 Å². The number of rotatable bonds is 3. The Morgan fingerprint density at radius 1 is 0.933 bits per heavy atom. The number of nitrogens with zero attached hydrogens (tertiary/aromatic N) is 2. The van der Waals surface area contributed by atoms with Crippen LogP contribution in [0.3, 0.4) is 0 Å². The monoisotopic (exact) mass is 458 g/mol. The molecule has 2 heterocycles. The fraction of sp³-hybridized carbons (Fsp3) is 0.0455. The molecule has 0 aliphatic carbocycles. The fourth-order valence-electron chi connectivity index (χ4n) is 3.35. The second kappa shape index (κ2) is 8.11. The molecule has 0 saturated carbocycles. The highest BCUT2D eigenvalue weighted by atomic mass is 35.5. The number of hydrogen-bond acceptors (Lipinski definition) is 4. The molecule has 1 aliphatic heterocycles. The first kappa shape index (κ1) is 20.4. The molecule has 1 aliphatic rings. The number of aliphatic hydroxyl groups is 1. The Kier molecular flexibility index (Phi) is 5.52. The van der Waals surface area contributed by atoms with Gasteiger partial charge in [-0.1, -0.05) is 46.9 Å². The van der Waals surface area contributed by atoms with E-state index >= 15 is 0 Å². The number of pyridine rings is 1. The second-order valence-corrected chi connectivity index (χ2v) is 7.81. The molecule has 1 saturated heterocycles. The van der Waals surface area contributed by atoms with Crippen molar-refractivity contribution in [3.05, 3.63) is 98.6 Å². The van der Waals surface area contributed by atoms with Crippen LogP contribution in [0.25, 0.3) is 5.76 Å². The van der Waals surface area contributed by atoms with Gasteiger partial charge in [0.15, 0.2) is 0 Å². The van der Waals surface area contributed by atoms with E-state index in [1.165, 1.54) is 17.2 Å². The summed E-state index contributed by atoms with van der Waals surface area (Å²) in [4.78, 5) is 31.4. The summed E-state index contributed by atoms with van der Waals surface area (Å²) in [6.45, 7) is 0. The van der Waals surface area contributed by atoms with Crippen molar-refractivity contribution in [1.29, 1.82) is 0 Å². The van der Waals surface area contributed by atoms with E-state index in [4.69, 9.17) is 34.8 Å². The van der Waals surface area contributed by atoms with Gasteiger partial charge >= 0.3 is 5.91 Å². The zero-order valence-electron chi connectivity index (χ0n) is 15.2. The van der Waals surface area contributed by atoms with Crippen molar-refractivity contribution in [2.45, 2.75) is 6.04 Å². The quantitative estimate of drug-likeness (QED) is 0.311. The van der Waals surface area contributed by atoms with E-state index in [1.807, 2.05) is 0 Å². The SMILES string of the molecule is O=C1C(=O)N(c2ccccn2)C(c2ccc(Cl)cc2Cl)/C1=C(\O)c1ccc(Cl)cc1. The van der Waals surface area contributed by atoms with Crippen LogP contribution in [0, 0.1) is 0 Å². The largest absolute Gasteiger partial charge is 0.507 e. The molecule has 30 heavy (non-hydrogen) atoms. The van der Waals surface area contributed by atoms with Gasteiger partial charge < -0.3 is 5.11 Å². The molecule has 0 bridgehead atoms. The summed E-state index contributed by atoms with van der Waals surface area (Å²) < 4.78 is 0. The molecule has 150 valence electrons. The van der Waals surface area contributed by atoms with Crippen LogP contribution < -0.4 is 4.90 Å². The molecule has 0 radical (unpaired) electrons. The maximum atomic E-state index is 13.0. The molecule has 2 aromatic carbocycles. The number of carbonyl (C=O) groups is 2. The van der Waals surface area contributed by atoms with Crippen LogP contribution in [0.2, 0.25) is 15.1 Å². The van der Waals surface area contributed by atoms with Crippen molar-refractivity contribution in [3.8, 4) is 0 Å². The highest BCUT2D eigenvalue weighted by Gasteiger charge is 2.48. The third-order valence-corrected chi connectivity index (χ3v) is 5.53. The number of carbonyl (C=O) groups excluding carboxylic acids is 2. The minimum Gasteiger partial charge on any atom is -0.507 e. The van der Waals surface area contributed by atoms with Crippen molar-refractivity contribution in [2.24, 2.45) is 0 Å². The molecule has 1 atom stereocenters. The van der Waals surface area contributed by atoms with Crippen molar-refractivity contribution < 1.29 is 14.7 Å². The standard InChI is InChI=1S/C22H13Cl3N2O3/c23-13-6-4-12(5-7-13)20(28)18-19(15-9-8-14(24)11-16(15)25)27(22(30)21(18)29)17-3-1-2-10-26-17/h1-11,19,28H/b20-18+. The van der Waals surface area contributed by atoms with Crippen LogP contribution in [-0.2, 0) is 9.59 Å². The molecule has 0 spiro atoms. The summed E-state index contributed by atoms with van der Waals surface area (Å²) in [5.41, 5.74) is 0.673. The zero-order valence-corrected chi connectivity index (χ0v) is 17.5. The first-order valence-corrected chi connectivity index (χ1v) is 9.95. The number of anilines is 1. The van der Waals surface area contributed by atoms with E-state index < -0.39 is 17.7 Å². The van der Waals surface area contributed by atoms with E-state index in [9.17, 15) is 14.7 Å². The predicted molar refractivity (Wildman–Crippen MR) is 117 cm³/mol. The van der Waals surface area contributed by atoms with Crippen LogP contribution in [0.1, 0.15) is 17.2 Å². The lowest BCUT2D eigenvalue weighted by Gasteiger charge is -2.25. The number of aromatic nitrogens is 1. The fourth-order valence-corrected chi connectivity index (χ4v) is 3.98. The number of ketones is 1. The van der Waals surface area contributed by atoms with Crippen LogP contribution in [-0.4, -0.2) is 21.8 Å². The van der Waals surface area contributed by atoms with Gasteiger partial charge in [-0.3, -0.25) is 14.5 Å². The number of hydrogen-bond donors (Lipinski definition) is 1. The second-order valence-electron chi connectivity index (χ2n) is 6.53. The Bertz CT molecular complexity index is 1180. The minimum absolute atomic E-state index is 0.0998. The molecular formula is C22H13Cl3N2O3. The van der Waals surface area contributed by atoms with Gasteiger partial charge in [0, 0.05) is 26.8 Å². The maximum Gasteiger partial charge on any atom is 0.301 e. The third-order valence-electron chi connectivity index (χ3n) is 4.72. The number of Topliss-reactive ketones (excluding diaryl/α,β-unsaturated/α-hetero) is 1. The van der Waals surface area contributed by atoms with E-state index in [0.29, 0.717) is 21.2 Å². The molecule has 4 rings (SSSR count).